The maximum Gasteiger partial charge on any atom is 0.344 e. The van der Waals surface area contributed by atoms with Crippen molar-refractivity contribution >= 4 is 11.8 Å². The van der Waals surface area contributed by atoms with E-state index in [1.807, 2.05) is 0 Å². The van der Waals surface area contributed by atoms with Gasteiger partial charge in [0.25, 0.3) is 0 Å². The first-order valence-corrected chi connectivity index (χ1v) is 4.89. The Morgan fingerprint density at radius 2 is 1.87 bits per heavy atom. The third-order valence-corrected chi connectivity index (χ3v) is 2.47. The monoisotopic (exact) mass is 211 g/mol. The Labute approximate surface area is 89.9 Å². The van der Waals surface area contributed by atoms with Crippen LogP contribution >= 0.6 is 0 Å². The highest BCUT2D eigenvalue weighted by atomic mass is 16.6. The van der Waals surface area contributed by atoms with Crippen LogP contribution in [-0.4, -0.2) is 36.3 Å². The van der Waals surface area contributed by atoms with Gasteiger partial charge in [0.05, 0.1) is 6.42 Å². The van der Waals surface area contributed by atoms with Gasteiger partial charge in [-0.1, -0.05) is 0 Å². The summed E-state index contributed by atoms with van der Waals surface area (Å²) in [6.07, 6.45) is 0.249. The molecule has 0 aromatic rings. The molecule has 1 heterocycles. The normalized spacial score (nSPS) is 23.5. The number of hydrogen-bond donors (Lipinski definition) is 0. The number of esters is 1. The fourth-order valence-electron chi connectivity index (χ4n) is 1.50. The quantitative estimate of drug-likeness (QED) is 0.370. The number of ketones is 1. The lowest BCUT2D eigenvalue weighted by Gasteiger charge is -2.31. The Bertz CT molecular complexity index is 318. The Morgan fingerprint density at radius 3 is 2.27 bits per heavy atom. The molecule has 1 saturated heterocycles. The predicted octanol–water partition coefficient (Wildman–Crippen LogP) is 1.12. The van der Waals surface area contributed by atoms with Gasteiger partial charge in [0, 0.05) is 19.8 Å². The summed E-state index contributed by atoms with van der Waals surface area (Å²) in [6.45, 7) is 5.22. The molecule has 4 heteroatoms. The zero-order chi connectivity index (χ0) is 11.8. The molecule has 0 amide bonds. The molecule has 1 aliphatic rings. The van der Waals surface area contributed by atoms with Crippen LogP contribution in [-0.2, 0) is 14.3 Å². The molecular weight excluding hydrogens is 194 g/mol. The molecule has 0 bridgehead atoms. The van der Waals surface area contributed by atoms with E-state index >= 15 is 0 Å². The average molecular weight is 211 g/mol. The second-order valence-corrected chi connectivity index (χ2v) is 4.60. The number of allylic oxidation sites excluding steroid dienone is 1. The average Bonchev–Trinajstić information content (AvgIpc) is 1.99. The first kappa shape index (κ1) is 11.8. The van der Waals surface area contributed by atoms with E-state index < -0.39 is 11.6 Å². The standard InChI is InChI=1S/C11H17NO3/c1-7(12(4)5)9-8(13)6-11(2,3)15-10(9)14/h6H2,1-5H3/b9-7-. The van der Waals surface area contributed by atoms with Crippen LogP contribution in [0.5, 0.6) is 0 Å². The van der Waals surface area contributed by atoms with E-state index in [9.17, 15) is 9.59 Å². The van der Waals surface area contributed by atoms with Gasteiger partial charge in [-0.15, -0.1) is 0 Å². The first-order valence-electron chi connectivity index (χ1n) is 4.89. The molecule has 0 radical (unpaired) electrons. The van der Waals surface area contributed by atoms with Crippen LogP contribution in [0.4, 0.5) is 0 Å². The minimum absolute atomic E-state index is 0.137. The lowest BCUT2D eigenvalue weighted by atomic mass is 9.92. The zero-order valence-corrected chi connectivity index (χ0v) is 9.88. The van der Waals surface area contributed by atoms with Crippen LogP contribution < -0.4 is 0 Å². The Balaban J connectivity index is 3.10. The number of carbonyl (C=O) groups excluding carboxylic acids is 2. The third-order valence-electron chi connectivity index (χ3n) is 2.47. The molecule has 1 aliphatic heterocycles. The minimum atomic E-state index is -0.676. The van der Waals surface area contributed by atoms with Gasteiger partial charge in [-0.3, -0.25) is 4.79 Å². The Hall–Kier alpha value is -1.32. The summed E-state index contributed by atoms with van der Waals surface area (Å²) in [4.78, 5) is 25.2. The van der Waals surface area contributed by atoms with Gasteiger partial charge in [-0.05, 0) is 20.8 Å². The molecule has 84 valence electrons. The molecule has 0 aromatic heterocycles. The summed E-state index contributed by atoms with van der Waals surface area (Å²) in [7, 11) is 3.59. The van der Waals surface area contributed by atoms with E-state index in [2.05, 4.69) is 0 Å². The smallest absolute Gasteiger partial charge is 0.344 e. The molecule has 0 unspecified atom stereocenters. The van der Waals surface area contributed by atoms with Gasteiger partial charge in [-0.25, -0.2) is 4.79 Å². The molecule has 0 N–H and O–H groups in total. The second-order valence-electron chi connectivity index (χ2n) is 4.60. The Morgan fingerprint density at radius 1 is 1.33 bits per heavy atom. The third kappa shape index (κ3) is 2.37. The van der Waals surface area contributed by atoms with Crippen molar-refractivity contribution in [2.75, 3.05) is 14.1 Å². The molecule has 0 aliphatic carbocycles. The van der Waals surface area contributed by atoms with Crippen LogP contribution in [0.1, 0.15) is 27.2 Å². The van der Waals surface area contributed by atoms with E-state index in [-0.39, 0.29) is 17.8 Å². The van der Waals surface area contributed by atoms with Crippen molar-refractivity contribution in [3.63, 3.8) is 0 Å². The number of nitrogens with zero attached hydrogens (tertiary/aromatic N) is 1. The fraction of sp³-hybridized carbons (Fsp3) is 0.636. The lowest BCUT2D eigenvalue weighted by molar-refractivity contribution is -0.159. The number of hydrogen-bond acceptors (Lipinski definition) is 4. The molecule has 0 atom stereocenters. The van der Waals surface area contributed by atoms with E-state index in [4.69, 9.17) is 4.74 Å². The maximum absolute atomic E-state index is 11.8. The maximum atomic E-state index is 11.8. The fourth-order valence-corrected chi connectivity index (χ4v) is 1.50. The van der Waals surface area contributed by atoms with Crippen LogP contribution in [0.25, 0.3) is 0 Å². The van der Waals surface area contributed by atoms with Crippen molar-refractivity contribution in [3.05, 3.63) is 11.3 Å². The van der Waals surface area contributed by atoms with Crippen LogP contribution in [0.2, 0.25) is 0 Å². The number of ether oxygens (including phenoxy) is 1. The van der Waals surface area contributed by atoms with E-state index in [1.165, 1.54) is 0 Å². The van der Waals surface area contributed by atoms with E-state index in [0.717, 1.165) is 0 Å². The Kier molecular flexibility index (Phi) is 2.88. The molecule has 0 aromatic carbocycles. The van der Waals surface area contributed by atoms with Crippen LogP contribution in [0.3, 0.4) is 0 Å². The van der Waals surface area contributed by atoms with Crippen molar-refractivity contribution in [2.45, 2.75) is 32.8 Å². The van der Waals surface area contributed by atoms with Gasteiger partial charge in [0.1, 0.15) is 11.2 Å². The van der Waals surface area contributed by atoms with Gasteiger partial charge in [0.2, 0.25) is 0 Å². The highest BCUT2D eigenvalue weighted by Crippen LogP contribution is 2.27. The second kappa shape index (κ2) is 3.68. The zero-order valence-electron chi connectivity index (χ0n) is 9.88. The minimum Gasteiger partial charge on any atom is -0.455 e. The topological polar surface area (TPSA) is 46.6 Å². The highest BCUT2D eigenvalue weighted by Gasteiger charge is 2.38. The predicted molar refractivity (Wildman–Crippen MR) is 56.2 cm³/mol. The molecule has 0 spiro atoms. The molecule has 0 saturated carbocycles. The van der Waals surface area contributed by atoms with Crippen molar-refractivity contribution in [1.82, 2.24) is 4.90 Å². The first-order chi connectivity index (χ1) is 6.74. The van der Waals surface area contributed by atoms with Crippen LogP contribution in [0, 0.1) is 0 Å². The molecule has 4 nitrogen and oxygen atoms in total. The molecule has 1 fully saturated rings. The largest absolute Gasteiger partial charge is 0.455 e. The SMILES string of the molecule is C/C(=C1\C(=O)CC(C)(C)OC1=O)N(C)C. The highest BCUT2D eigenvalue weighted by molar-refractivity contribution is 6.19. The summed E-state index contributed by atoms with van der Waals surface area (Å²) < 4.78 is 5.18. The number of Topliss-reactive ketones (excluding diaryl/α,β-unsaturated/α-hetero) is 1. The van der Waals surface area contributed by atoms with Crippen LogP contribution in [0.15, 0.2) is 11.3 Å². The van der Waals surface area contributed by atoms with Gasteiger partial charge in [-0.2, -0.15) is 0 Å². The summed E-state index contributed by atoms with van der Waals surface area (Å²) in [5, 5.41) is 0. The van der Waals surface area contributed by atoms with Gasteiger partial charge in [0.15, 0.2) is 5.78 Å². The van der Waals surface area contributed by atoms with Crippen molar-refractivity contribution < 1.29 is 14.3 Å². The van der Waals surface area contributed by atoms with Crippen molar-refractivity contribution in [2.24, 2.45) is 0 Å². The van der Waals surface area contributed by atoms with E-state index in [0.29, 0.717) is 5.70 Å². The number of cyclic esters (lactones) is 1. The number of carbonyl (C=O) groups is 2. The number of rotatable bonds is 1. The molecule has 1 rings (SSSR count). The summed E-state index contributed by atoms with van der Waals surface area (Å²) in [6, 6.07) is 0. The van der Waals surface area contributed by atoms with Gasteiger partial charge >= 0.3 is 5.97 Å². The van der Waals surface area contributed by atoms with Crippen molar-refractivity contribution in [3.8, 4) is 0 Å². The lowest BCUT2D eigenvalue weighted by Crippen LogP contribution is -2.40. The van der Waals surface area contributed by atoms with E-state index in [1.54, 1.807) is 39.8 Å². The molecular formula is C11H17NO3. The molecule has 15 heavy (non-hydrogen) atoms. The van der Waals surface area contributed by atoms with Crippen molar-refractivity contribution in [1.29, 1.82) is 0 Å². The summed E-state index contributed by atoms with van der Waals surface area (Å²) in [5.74, 6) is -0.648. The summed E-state index contributed by atoms with van der Waals surface area (Å²) in [5.41, 5.74) is 0.157. The van der Waals surface area contributed by atoms with Gasteiger partial charge < -0.3 is 9.64 Å². The summed E-state index contributed by atoms with van der Waals surface area (Å²) >= 11 is 0.